The first-order valence-corrected chi connectivity index (χ1v) is 7.29. The number of carbonyl (C=O) groups excluding carboxylic acids is 3. The Bertz CT molecular complexity index is 631. The Morgan fingerprint density at radius 2 is 1.57 bits per heavy atom. The van der Waals surface area contributed by atoms with Gasteiger partial charge in [-0.05, 0) is 48.8 Å². The van der Waals surface area contributed by atoms with Crippen LogP contribution in [0.5, 0.6) is 5.75 Å². The molecule has 0 aliphatic heterocycles. The second-order valence-electron chi connectivity index (χ2n) is 5.39. The summed E-state index contributed by atoms with van der Waals surface area (Å²) in [5.41, 5.74) is -0.724. The van der Waals surface area contributed by atoms with Gasteiger partial charge in [0, 0.05) is 0 Å². The normalized spacial score (nSPS) is 10.7. The number of ether oxygens (including phenoxy) is 4. The first-order chi connectivity index (χ1) is 10.6. The maximum Gasteiger partial charge on any atom is 0.514 e. The number of esters is 2. The summed E-state index contributed by atoms with van der Waals surface area (Å²) in [5, 5.41) is 0. The van der Waals surface area contributed by atoms with Crippen molar-refractivity contribution in [3.63, 3.8) is 0 Å². The van der Waals surface area contributed by atoms with Crippen LogP contribution in [0.15, 0.2) is 16.6 Å². The first-order valence-electron chi connectivity index (χ1n) is 6.50. The number of carbonyl (C=O) groups is 3. The van der Waals surface area contributed by atoms with E-state index in [0.717, 1.165) is 0 Å². The minimum absolute atomic E-state index is 0.00830. The predicted octanol–water partition coefficient (Wildman–Crippen LogP) is 3.34. The van der Waals surface area contributed by atoms with Crippen molar-refractivity contribution < 1.29 is 33.3 Å². The molecule has 0 amide bonds. The monoisotopic (exact) mass is 388 g/mol. The van der Waals surface area contributed by atoms with Crippen LogP contribution in [0.2, 0.25) is 0 Å². The molecule has 0 aliphatic rings. The molecule has 0 radical (unpaired) electrons. The van der Waals surface area contributed by atoms with Gasteiger partial charge >= 0.3 is 18.1 Å². The van der Waals surface area contributed by atoms with E-state index in [0.29, 0.717) is 0 Å². The molecule has 23 heavy (non-hydrogen) atoms. The summed E-state index contributed by atoms with van der Waals surface area (Å²) in [6, 6.07) is 2.52. The third-order valence-electron chi connectivity index (χ3n) is 2.45. The van der Waals surface area contributed by atoms with Gasteiger partial charge in [0.2, 0.25) is 0 Å². The highest BCUT2D eigenvalue weighted by Crippen LogP contribution is 2.32. The second kappa shape index (κ2) is 7.45. The number of halogens is 1. The van der Waals surface area contributed by atoms with Gasteiger partial charge in [0.25, 0.3) is 0 Å². The van der Waals surface area contributed by atoms with Gasteiger partial charge in [0.1, 0.15) is 11.4 Å². The molecule has 0 saturated carbocycles. The Labute approximate surface area is 142 Å². The second-order valence-corrected chi connectivity index (χ2v) is 6.18. The van der Waals surface area contributed by atoms with E-state index >= 15 is 0 Å². The molecule has 0 N–H and O–H groups in total. The lowest BCUT2D eigenvalue weighted by molar-refractivity contribution is 0.0202. The summed E-state index contributed by atoms with van der Waals surface area (Å²) in [7, 11) is 2.38. The van der Waals surface area contributed by atoms with E-state index in [9.17, 15) is 14.4 Å². The van der Waals surface area contributed by atoms with E-state index in [2.05, 4.69) is 25.4 Å². The van der Waals surface area contributed by atoms with Crippen molar-refractivity contribution in [1.82, 2.24) is 0 Å². The van der Waals surface area contributed by atoms with E-state index < -0.39 is 23.7 Å². The molecular formula is C15H17BrO7. The van der Waals surface area contributed by atoms with Gasteiger partial charge in [-0.1, -0.05) is 0 Å². The van der Waals surface area contributed by atoms with Crippen LogP contribution in [0.3, 0.4) is 0 Å². The zero-order valence-corrected chi connectivity index (χ0v) is 15.0. The molecule has 0 saturated heterocycles. The lowest BCUT2D eigenvalue weighted by Gasteiger charge is -2.19. The maximum absolute atomic E-state index is 11.8. The molecule has 0 aromatic heterocycles. The molecule has 1 aromatic rings. The molecule has 0 fully saturated rings. The number of hydrogen-bond donors (Lipinski definition) is 0. The van der Waals surface area contributed by atoms with E-state index in [4.69, 9.17) is 9.47 Å². The molecule has 7 nitrogen and oxygen atoms in total. The van der Waals surface area contributed by atoms with Crippen LogP contribution in [0.25, 0.3) is 0 Å². The highest BCUT2D eigenvalue weighted by molar-refractivity contribution is 9.10. The average molecular weight is 389 g/mol. The molecule has 1 rings (SSSR count). The lowest BCUT2D eigenvalue weighted by atomic mass is 10.1. The number of methoxy groups -OCH3 is 2. The van der Waals surface area contributed by atoms with Crippen molar-refractivity contribution in [2.75, 3.05) is 14.2 Å². The summed E-state index contributed by atoms with van der Waals surface area (Å²) >= 11 is 3.15. The van der Waals surface area contributed by atoms with Gasteiger partial charge in [-0.2, -0.15) is 0 Å². The van der Waals surface area contributed by atoms with Crippen LogP contribution in [0.4, 0.5) is 4.79 Å². The van der Waals surface area contributed by atoms with Crippen LogP contribution >= 0.6 is 15.9 Å². The van der Waals surface area contributed by atoms with Gasteiger partial charge in [-0.3, -0.25) is 0 Å². The topological polar surface area (TPSA) is 88.1 Å². The molecule has 0 spiro atoms. The van der Waals surface area contributed by atoms with Crippen LogP contribution in [0.1, 0.15) is 41.5 Å². The molecule has 0 heterocycles. The largest absolute Gasteiger partial charge is 0.514 e. The molecular weight excluding hydrogens is 372 g/mol. The number of hydrogen-bond acceptors (Lipinski definition) is 7. The minimum Gasteiger partial charge on any atom is -0.465 e. The van der Waals surface area contributed by atoms with E-state index in [-0.39, 0.29) is 21.3 Å². The maximum atomic E-state index is 11.8. The van der Waals surface area contributed by atoms with Gasteiger partial charge in [0.15, 0.2) is 0 Å². The smallest absolute Gasteiger partial charge is 0.465 e. The van der Waals surface area contributed by atoms with Crippen LogP contribution in [0, 0.1) is 0 Å². The third kappa shape index (κ3) is 5.24. The van der Waals surface area contributed by atoms with Crippen molar-refractivity contribution in [3.05, 3.63) is 27.7 Å². The third-order valence-corrected chi connectivity index (χ3v) is 3.27. The Morgan fingerprint density at radius 3 is 2.04 bits per heavy atom. The zero-order valence-electron chi connectivity index (χ0n) is 13.4. The number of benzene rings is 1. The van der Waals surface area contributed by atoms with Crippen molar-refractivity contribution in [1.29, 1.82) is 0 Å². The van der Waals surface area contributed by atoms with Gasteiger partial charge < -0.3 is 18.9 Å². The molecule has 126 valence electrons. The molecule has 1 aromatic carbocycles. The summed E-state index contributed by atoms with van der Waals surface area (Å²) in [5.74, 6) is -1.48. The Balaban J connectivity index is 3.26. The Kier molecular flexibility index (Phi) is 6.14. The lowest BCUT2D eigenvalue weighted by Crippen LogP contribution is -2.26. The van der Waals surface area contributed by atoms with Crippen LogP contribution in [-0.4, -0.2) is 37.9 Å². The van der Waals surface area contributed by atoms with Crippen molar-refractivity contribution >= 4 is 34.0 Å². The highest BCUT2D eigenvalue weighted by Gasteiger charge is 2.24. The van der Waals surface area contributed by atoms with E-state index in [1.807, 2.05) is 0 Å². The highest BCUT2D eigenvalue weighted by atomic mass is 79.9. The Morgan fingerprint density at radius 1 is 1.00 bits per heavy atom. The average Bonchev–Trinajstić information content (AvgIpc) is 2.45. The van der Waals surface area contributed by atoms with Crippen molar-refractivity contribution in [2.24, 2.45) is 0 Å². The van der Waals surface area contributed by atoms with Crippen molar-refractivity contribution in [3.8, 4) is 5.75 Å². The molecule has 0 atom stereocenters. The fraction of sp³-hybridized carbons (Fsp3) is 0.400. The van der Waals surface area contributed by atoms with Gasteiger partial charge in [0.05, 0.1) is 29.8 Å². The SMILES string of the molecule is COC(=O)c1cc(OC(=O)OC(C)(C)C)c(Br)c(C(=O)OC)c1. The molecule has 0 unspecified atom stereocenters. The zero-order chi connectivity index (χ0) is 17.8. The molecule has 0 bridgehead atoms. The molecule has 8 heteroatoms. The molecule has 0 aliphatic carbocycles. The summed E-state index contributed by atoms with van der Waals surface area (Å²) in [6.07, 6.45) is -0.976. The first kappa shape index (κ1) is 19.0. The quantitative estimate of drug-likeness (QED) is 0.445. The fourth-order valence-corrected chi connectivity index (χ4v) is 2.00. The van der Waals surface area contributed by atoms with Gasteiger partial charge in [-0.15, -0.1) is 0 Å². The van der Waals surface area contributed by atoms with Crippen LogP contribution < -0.4 is 4.74 Å². The number of rotatable bonds is 3. The summed E-state index contributed by atoms with van der Waals surface area (Å²) in [4.78, 5) is 35.3. The minimum atomic E-state index is -0.976. The van der Waals surface area contributed by atoms with E-state index in [1.54, 1.807) is 20.8 Å². The van der Waals surface area contributed by atoms with Crippen LogP contribution in [-0.2, 0) is 14.2 Å². The fourth-order valence-electron chi connectivity index (χ4n) is 1.53. The Hall–Kier alpha value is -2.09. The van der Waals surface area contributed by atoms with E-state index in [1.165, 1.54) is 26.4 Å². The standard InChI is InChI=1S/C15H17BrO7/c1-15(2,3)23-14(19)22-10-7-8(12(17)20-4)6-9(11(10)16)13(18)21-5/h6-7H,1-5H3. The van der Waals surface area contributed by atoms with Gasteiger partial charge in [-0.25, -0.2) is 14.4 Å². The summed E-state index contributed by atoms with van der Waals surface area (Å²) < 4.78 is 19.5. The van der Waals surface area contributed by atoms with Crippen molar-refractivity contribution in [2.45, 2.75) is 26.4 Å². The summed E-state index contributed by atoms with van der Waals surface area (Å²) in [6.45, 7) is 5.02. The predicted molar refractivity (Wildman–Crippen MR) is 83.7 cm³/mol.